The maximum absolute atomic E-state index is 11.5. The van der Waals surface area contributed by atoms with Crippen LogP contribution in [0.3, 0.4) is 0 Å². The molecule has 0 bridgehead atoms. The summed E-state index contributed by atoms with van der Waals surface area (Å²) in [6.07, 6.45) is 5.11. The molecule has 2 saturated heterocycles. The molecule has 1 aromatic rings. The van der Waals surface area contributed by atoms with Crippen LogP contribution in [0.25, 0.3) is 0 Å². The summed E-state index contributed by atoms with van der Waals surface area (Å²) in [5, 5.41) is 0. The first kappa shape index (κ1) is 18.1. The van der Waals surface area contributed by atoms with Gasteiger partial charge in [0.25, 0.3) is 0 Å². The summed E-state index contributed by atoms with van der Waals surface area (Å²) < 4.78 is 17.8. The van der Waals surface area contributed by atoms with Gasteiger partial charge in [-0.15, -0.1) is 0 Å². The summed E-state index contributed by atoms with van der Waals surface area (Å²) in [6.45, 7) is 11.0. The van der Waals surface area contributed by atoms with Crippen LogP contribution >= 0.6 is 0 Å². The van der Waals surface area contributed by atoms with Crippen LogP contribution in [0.4, 0.5) is 0 Å². The predicted octanol–water partition coefficient (Wildman–Crippen LogP) is 1.17. The second kappa shape index (κ2) is 6.57. The van der Waals surface area contributed by atoms with Crippen molar-refractivity contribution in [1.82, 2.24) is 14.9 Å². The fourth-order valence-electron chi connectivity index (χ4n) is 2.96. The van der Waals surface area contributed by atoms with Crippen molar-refractivity contribution in [3.63, 3.8) is 0 Å². The average Bonchev–Trinajstić information content (AvgIpc) is 2.76. The van der Waals surface area contributed by atoms with Crippen LogP contribution in [0.2, 0.25) is 0 Å². The van der Waals surface area contributed by atoms with Gasteiger partial charge in [-0.3, -0.25) is 4.79 Å². The molecule has 1 aromatic heterocycles. The van der Waals surface area contributed by atoms with Crippen molar-refractivity contribution < 1.29 is 18.8 Å². The zero-order chi connectivity index (χ0) is 18.2. The first-order valence-electron chi connectivity index (χ1n) is 8.78. The summed E-state index contributed by atoms with van der Waals surface area (Å²) in [6, 6.07) is 0.315. The standard InChI is InChI=1S/C17H26BN3O4/c1-12(22)21-8-6-7-14(11-21)23-15-19-9-13(10-20-15)18-24-16(2,3)17(4,5)25-18/h9-10,14H,6-8,11H2,1-5H3. The van der Waals surface area contributed by atoms with Gasteiger partial charge < -0.3 is 18.9 Å². The maximum atomic E-state index is 11.5. The SMILES string of the molecule is CC(=O)N1CCCC(Oc2ncc(B3OC(C)(C)C(C)(C)O3)cn2)C1. The lowest BCUT2D eigenvalue weighted by atomic mass is 9.81. The first-order valence-corrected chi connectivity index (χ1v) is 8.78. The van der Waals surface area contributed by atoms with E-state index in [4.69, 9.17) is 14.0 Å². The molecule has 3 rings (SSSR count). The number of aromatic nitrogens is 2. The van der Waals surface area contributed by atoms with Crippen LogP contribution in [0, 0.1) is 0 Å². The summed E-state index contributed by atoms with van der Waals surface area (Å²) >= 11 is 0. The molecule has 0 N–H and O–H groups in total. The number of ether oxygens (including phenoxy) is 1. The zero-order valence-corrected chi connectivity index (χ0v) is 15.6. The smallest absolute Gasteiger partial charge is 0.458 e. The largest absolute Gasteiger partial charge is 0.498 e. The highest BCUT2D eigenvalue weighted by atomic mass is 16.7. The quantitative estimate of drug-likeness (QED) is 0.764. The monoisotopic (exact) mass is 347 g/mol. The molecule has 1 amide bonds. The summed E-state index contributed by atoms with van der Waals surface area (Å²) in [5.74, 6) is 0.0744. The number of carbonyl (C=O) groups excluding carboxylic acids is 1. The summed E-state index contributed by atoms with van der Waals surface area (Å²) in [5.41, 5.74) is -0.0316. The molecule has 0 saturated carbocycles. The Hall–Kier alpha value is -1.67. The predicted molar refractivity (Wildman–Crippen MR) is 93.7 cm³/mol. The lowest BCUT2D eigenvalue weighted by molar-refractivity contribution is -0.131. The highest BCUT2D eigenvalue weighted by Crippen LogP contribution is 2.36. The van der Waals surface area contributed by atoms with E-state index < -0.39 is 18.3 Å². The number of rotatable bonds is 3. The van der Waals surface area contributed by atoms with Crippen molar-refractivity contribution in [2.75, 3.05) is 13.1 Å². The number of amides is 1. The van der Waals surface area contributed by atoms with E-state index in [1.807, 2.05) is 27.7 Å². The van der Waals surface area contributed by atoms with Gasteiger partial charge in [-0.05, 0) is 40.5 Å². The van der Waals surface area contributed by atoms with Gasteiger partial charge in [0.1, 0.15) is 6.10 Å². The molecule has 1 atom stereocenters. The topological polar surface area (TPSA) is 73.8 Å². The van der Waals surface area contributed by atoms with E-state index in [2.05, 4.69) is 9.97 Å². The van der Waals surface area contributed by atoms with Gasteiger partial charge >= 0.3 is 13.1 Å². The van der Waals surface area contributed by atoms with Crippen LogP contribution in [0.5, 0.6) is 6.01 Å². The molecule has 3 heterocycles. The highest BCUT2D eigenvalue weighted by molar-refractivity contribution is 6.61. The van der Waals surface area contributed by atoms with E-state index in [1.54, 1.807) is 24.2 Å². The molecule has 136 valence electrons. The second-order valence-corrected chi connectivity index (χ2v) is 7.73. The molecule has 1 unspecified atom stereocenters. The molecule has 25 heavy (non-hydrogen) atoms. The summed E-state index contributed by atoms with van der Waals surface area (Å²) in [4.78, 5) is 21.9. The van der Waals surface area contributed by atoms with Gasteiger partial charge in [0.05, 0.1) is 17.7 Å². The third-order valence-electron chi connectivity index (χ3n) is 5.27. The van der Waals surface area contributed by atoms with E-state index in [9.17, 15) is 4.79 Å². The van der Waals surface area contributed by atoms with Crippen molar-refractivity contribution in [1.29, 1.82) is 0 Å². The molecule has 2 aliphatic rings. The van der Waals surface area contributed by atoms with E-state index in [0.717, 1.165) is 24.8 Å². The fraction of sp³-hybridized carbons (Fsp3) is 0.706. The van der Waals surface area contributed by atoms with Crippen molar-refractivity contribution in [2.24, 2.45) is 0 Å². The van der Waals surface area contributed by atoms with Gasteiger partial charge in [0.15, 0.2) is 0 Å². The minimum atomic E-state index is -0.484. The van der Waals surface area contributed by atoms with Crippen LogP contribution in [0.1, 0.15) is 47.5 Å². The second-order valence-electron chi connectivity index (χ2n) is 7.73. The van der Waals surface area contributed by atoms with Crippen LogP contribution in [0.15, 0.2) is 12.4 Å². The van der Waals surface area contributed by atoms with Crippen molar-refractivity contribution >= 4 is 18.5 Å². The molecule has 0 radical (unpaired) electrons. The molecule has 8 heteroatoms. The van der Waals surface area contributed by atoms with Crippen molar-refractivity contribution in [3.05, 3.63) is 12.4 Å². The van der Waals surface area contributed by atoms with Crippen LogP contribution < -0.4 is 10.2 Å². The lowest BCUT2D eigenvalue weighted by Gasteiger charge is -2.32. The number of likely N-dealkylation sites (tertiary alicyclic amines) is 1. The molecule has 0 aliphatic carbocycles. The fourth-order valence-corrected chi connectivity index (χ4v) is 2.96. The molecule has 2 fully saturated rings. The third-order valence-corrected chi connectivity index (χ3v) is 5.27. The van der Waals surface area contributed by atoms with Crippen LogP contribution in [-0.4, -0.2) is 58.3 Å². The van der Waals surface area contributed by atoms with Crippen LogP contribution in [-0.2, 0) is 14.1 Å². The average molecular weight is 347 g/mol. The molecule has 0 spiro atoms. The van der Waals surface area contributed by atoms with E-state index >= 15 is 0 Å². The highest BCUT2D eigenvalue weighted by Gasteiger charge is 2.52. The lowest BCUT2D eigenvalue weighted by Crippen LogP contribution is -2.43. The third kappa shape index (κ3) is 3.79. The Labute approximate surface area is 149 Å². The zero-order valence-electron chi connectivity index (χ0n) is 15.6. The molecule has 2 aliphatic heterocycles. The van der Waals surface area contributed by atoms with E-state index in [1.165, 1.54) is 0 Å². The molecular weight excluding hydrogens is 321 g/mol. The minimum Gasteiger partial charge on any atom is -0.458 e. The molecular formula is C17H26BN3O4. The van der Waals surface area contributed by atoms with E-state index in [0.29, 0.717) is 12.6 Å². The number of nitrogens with zero attached hydrogens (tertiary/aromatic N) is 3. The normalized spacial score (nSPS) is 25.1. The van der Waals surface area contributed by atoms with Gasteiger partial charge in [-0.2, -0.15) is 0 Å². The maximum Gasteiger partial charge on any atom is 0.498 e. The first-order chi connectivity index (χ1) is 11.7. The molecule has 0 aromatic carbocycles. The van der Waals surface area contributed by atoms with Gasteiger partial charge in [0, 0.05) is 31.3 Å². The summed E-state index contributed by atoms with van der Waals surface area (Å²) in [7, 11) is -0.484. The van der Waals surface area contributed by atoms with Gasteiger partial charge in [-0.25, -0.2) is 9.97 Å². The Morgan fingerprint density at radius 2 is 1.84 bits per heavy atom. The van der Waals surface area contributed by atoms with E-state index in [-0.39, 0.29) is 12.0 Å². The molecule has 7 nitrogen and oxygen atoms in total. The Morgan fingerprint density at radius 1 is 1.24 bits per heavy atom. The van der Waals surface area contributed by atoms with Crippen molar-refractivity contribution in [2.45, 2.75) is 64.8 Å². The minimum absolute atomic E-state index is 0.0691. The Kier molecular flexibility index (Phi) is 4.77. The Bertz CT molecular complexity index is 619. The Morgan fingerprint density at radius 3 is 2.40 bits per heavy atom. The number of hydrogen-bond donors (Lipinski definition) is 0. The Balaban J connectivity index is 1.62. The van der Waals surface area contributed by atoms with Crippen molar-refractivity contribution in [3.8, 4) is 6.01 Å². The van der Waals surface area contributed by atoms with Gasteiger partial charge in [-0.1, -0.05) is 0 Å². The van der Waals surface area contributed by atoms with Gasteiger partial charge in [0.2, 0.25) is 5.91 Å². The number of piperidine rings is 1. The number of carbonyl (C=O) groups is 1. The number of hydrogen-bond acceptors (Lipinski definition) is 6.